The molecule has 4 aromatic rings. The number of para-hydroxylation sites is 1. The Morgan fingerprint density at radius 3 is 2.47 bits per heavy atom. The zero-order valence-corrected chi connectivity index (χ0v) is 21.9. The maximum atomic E-state index is 12.9. The number of nitrogens with one attached hydrogen (secondary N) is 3. The maximum absolute atomic E-state index is 12.9. The highest BCUT2D eigenvalue weighted by Crippen LogP contribution is 2.18. The number of carbonyl (C=O) groups excluding carboxylic acids is 2. The van der Waals surface area contributed by atoms with Crippen LogP contribution in [-0.4, -0.2) is 34.2 Å². The smallest absolute Gasteiger partial charge is 0.408 e. The molecule has 9 nitrogen and oxygen atoms in total. The van der Waals surface area contributed by atoms with E-state index in [1.807, 2.05) is 78.9 Å². The number of alkyl carbamates (subject to hydrolysis) is 1. The average molecular weight is 576 g/mol. The van der Waals surface area contributed by atoms with Crippen molar-refractivity contribution < 1.29 is 19.1 Å². The van der Waals surface area contributed by atoms with Gasteiger partial charge < -0.3 is 19.8 Å². The first-order valence-electron chi connectivity index (χ1n) is 11.8. The average Bonchev–Trinajstić information content (AvgIpc) is 3.46. The normalized spacial score (nSPS) is 11.6. The molecular formula is C28H26BrN5O4. The van der Waals surface area contributed by atoms with Crippen LogP contribution in [0, 0.1) is 0 Å². The summed E-state index contributed by atoms with van der Waals surface area (Å²) in [6, 6.07) is 23.5. The molecule has 10 heteroatoms. The van der Waals surface area contributed by atoms with Crippen molar-refractivity contribution in [3.8, 4) is 5.75 Å². The van der Waals surface area contributed by atoms with E-state index in [2.05, 4.69) is 41.7 Å². The summed E-state index contributed by atoms with van der Waals surface area (Å²) < 4.78 is 12.2. The molecule has 0 bridgehead atoms. The number of amides is 2. The summed E-state index contributed by atoms with van der Waals surface area (Å²) in [6.45, 7) is 0.464. The lowest BCUT2D eigenvalue weighted by Gasteiger charge is -2.16. The predicted octanol–water partition coefficient (Wildman–Crippen LogP) is 4.74. The zero-order chi connectivity index (χ0) is 26.6. The fourth-order valence-electron chi connectivity index (χ4n) is 3.44. The summed E-state index contributed by atoms with van der Waals surface area (Å²) >= 11 is 3.42. The van der Waals surface area contributed by atoms with E-state index in [-0.39, 0.29) is 13.0 Å². The molecule has 0 aliphatic heterocycles. The summed E-state index contributed by atoms with van der Waals surface area (Å²) in [5, 5.41) is 6.70. The highest BCUT2D eigenvalue weighted by molar-refractivity contribution is 9.10. The van der Waals surface area contributed by atoms with Gasteiger partial charge in [-0.15, -0.1) is 0 Å². The summed E-state index contributed by atoms with van der Waals surface area (Å²) in [7, 11) is 0. The fraction of sp³-hybridized carbons (Fsp3) is 0.143. The third-order valence-electron chi connectivity index (χ3n) is 5.41. The van der Waals surface area contributed by atoms with Crippen molar-refractivity contribution in [3.63, 3.8) is 0 Å². The molecule has 1 heterocycles. The topological polar surface area (TPSA) is 118 Å². The van der Waals surface area contributed by atoms with Gasteiger partial charge in [-0.3, -0.25) is 4.79 Å². The minimum Gasteiger partial charge on any atom is -0.488 e. The van der Waals surface area contributed by atoms with Crippen LogP contribution in [0.1, 0.15) is 22.4 Å². The molecule has 4 rings (SSSR count). The Morgan fingerprint density at radius 1 is 0.974 bits per heavy atom. The zero-order valence-electron chi connectivity index (χ0n) is 20.3. The molecule has 3 aromatic carbocycles. The van der Waals surface area contributed by atoms with E-state index in [4.69, 9.17) is 9.47 Å². The van der Waals surface area contributed by atoms with Gasteiger partial charge in [0, 0.05) is 28.3 Å². The number of hydrogen-bond acceptors (Lipinski definition) is 6. The van der Waals surface area contributed by atoms with E-state index >= 15 is 0 Å². The van der Waals surface area contributed by atoms with Crippen molar-refractivity contribution in [2.24, 2.45) is 5.10 Å². The van der Waals surface area contributed by atoms with Crippen LogP contribution in [0.5, 0.6) is 5.75 Å². The summed E-state index contributed by atoms with van der Waals surface area (Å²) in [4.78, 5) is 32.2. The molecule has 0 saturated heterocycles. The first-order chi connectivity index (χ1) is 18.6. The van der Waals surface area contributed by atoms with Gasteiger partial charge in [0.25, 0.3) is 5.91 Å². The first-order valence-corrected chi connectivity index (χ1v) is 12.6. The second-order valence-electron chi connectivity index (χ2n) is 8.23. The standard InChI is InChI=1S/C28H26BrN5O4/c29-23-12-10-21(11-13-23)17-37-26-9-5-4-8-22(26)15-32-34-27(35)25(14-24-16-30-19-31-24)33-28(36)38-18-20-6-2-1-3-7-20/h1-13,15-16,19,25H,14,17-18H2,(H,30,31)(H,33,36)(H,34,35)/b32-15-/t25-/m1/s1. The Labute approximate surface area is 228 Å². The Morgan fingerprint density at radius 2 is 1.71 bits per heavy atom. The Bertz CT molecular complexity index is 1350. The number of nitrogens with zero attached hydrogens (tertiary/aromatic N) is 2. The SMILES string of the molecule is O=C(N[C@H](Cc1cnc[nH]1)C(=O)N/N=C\c1ccccc1OCc1ccc(Br)cc1)OCc1ccccc1. The molecule has 0 fully saturated rings. The number of hydrogen-bond donors (Lipinski definition) is 3. The summed E-state index contributed by atoms with van der Waals surface area (Å²) in [5.74, 6) is 0.103. The number of benzene rings is 3. The van der Waals surface area contributed by atoms with Gasteiger partial charge >= 0.3 is 6.09 Å². The molecule has 0 aliphatic carbocycles. The van der Waals surface area contributed by atoms with Gasteiger partial charge in [0.1, 0.15) is 25.0 Å². The van der Waals surface area contributed by atoms with Crippen LogP contribution in [0.3, 0.4) is 0 Å². The van der Waals surface area contributed by atoms with Crippen LogP contribution in [0.25, 0.3) is 0 Å². The van der Waals surface area contributed by atoms with E-state index < -0.39 is 18.0 Å². The molecule has 38 heavy (non-hydrogen) atoms. The molecule has 0 radical (unpaired) electrons. The number of rotatable bonds is 11. The molecule has 0 saturated carbocycles. The lowest BCUT2D eigenvalue weighted by molar-refractivity contribution is -0.123. The molecular weight excluding hydrogens is 550 g/mol. The number of H-pyrrole nitrogens is 1. The van der Waals surface area contributed by atoms with Crippen molar-refractivity contribution in [1.29, 1.82) is 0 Å². The van der Waals surface area contributed by atoms with Gasteiger partial charge in [-0.25, -0.2) is 15.2 Å². The van der Waals surface area contributed by atoms with Crippen LogP contribution in [0.4, 0.5) is 4.79 Å². The highest BCUT2D eigenvalue weighted by atomic mass is 79.9. The molecule has 0 spiro atoms. The minimum atomic E-state index is -0.945. The number of aromatic nitrogens is 2. The third kappa shape index (κ3) is 8.31. The first kappa shape index (κ1) is 26.6. The minimum absolute atomic E-state index is 0.0836. The predicted molar refractivity (Wildman–Crippen MR) is 146 cm³/mol. The molecule has 3 N–H and O–H groups in total. The molecule has 194 valence electrons. The van der Waals surface area contributed by atoms with Crippen LogP contribution in [-0.2, 0) is 29.2 Å². The summed E-state index contributed by atoms with van der Waals surface area (Å²) in [6.07, 6.45) is 4.04. The Kier molecular flexibility index (Phi) is 9.63. The van der Waals surface area contributed by atoms with Gasteiger partial charge in [-0.1, -0.05) is 70.5 Å². The van der Waals surface area contributed by atoms with Crippen LogP contribution >= 0.6 is 15.9 Å². The van der Waals surface area contributed by atoms with E-state index in [0.717, 1.165) is 15.6 Å². The second kappa shape index (κ2) is 13.8. The number of hydrazone groups is 1. The molecule has 0 aliphatic rings. The molecule has 0 unspecified atom stereocenters. The van der Waals surface area contributed by atoms with E-state index in [9.17, 15) is 9.59 Å². The second-order valence-corrected chi connectivity index (χ2v) is 9.14. The number of carbonyl (C=O) groups is 2. The molecule has 2 amide bonds. The highest BCUT2D eigenvalue weighted by Gasteiger charge is 2.22. The quantitative estimate of drug-likeness (QED) is 0.176. The van der Waals surface area contributed by atoms with Crippen LogP contribution in [0.15, 0.2) is 101 Å². The lowest BCUT2D eigenvalue weighted by atomic mass is 10.1. The van der Waals surface area contributed by atoms with Gasteiger partial charge in [-0.2, -0.15) is 5.10 Å². The van der Waals surface area contributed by atoms with Crippen molar-refractivity contribution in [1.82, 2.24) is 20.7 Å². The van der Waals surface area contributed by atoms with Gasteiger partial charge in [0.05, 0.1) is 12.5 Å². The van der Waals surface area contributed by atoms with Crippen LogP contribution < -0.4 is 15.5 Å². The maximum Gasteiger partial charge on any atom is 0.408 e. The van der Waals surface area contributed by atoms with Crippen molar-refractivity contribution >= 4 is 34.1 Å². The number of imidazole rings is 1. The number of ether oxygens (including phenoxy) is 2. The van der Waals surface area contributed by atoms with Gasteiger partial charge in [-0.05, 0) is 35.4 Å². The van der Waals surface area contributed by atoms with Crippen molar-refractivity contribution in [2.45, 2.75) is 25.7 Å². The Balaban J connectivity index is 1.36. The van der Waals surface area contributed by atoms with Gasteiger partial charge in [0.2, 0.25) is 0 Å². The van der Waals surface area contributed by atoms with Gasteiger partial charge in [0.15, 0.2) is 0 Å². The molecule has 1 aromatic heterocycles. The number of aromatic amines is 1. The largest absolute Gasteiger partial charge is 0.488 e. The van der Waals surface area contributed by atoms with Crippen molar-refractivity contribution in [3.05, 3.63) is 118 Å². The fourth-order valence-corrected chi connectivity index (χ4v) is 3.70. The van der Waals surface area contributed by atoms with E-state index in [1.165, 1.54) is 12.5 Å². The Hall–Kier alpha value is -4.44. The summed E-state index contributed by atoms with van der Waals surface area (Å²) in [5.41, 5.74) is 5.70. The van der Waals surface area contributed by atoms with E-state index in [1.54, 1.807) is 6.20 Å². The van der Waals surface area contributed by atoms with Crippen molar-refractivity contribution in [2.75, 3.05) is 0 Å². The number of halogens is 1. The molecule has 1 atom stereocenters. The van der Waals surface area contributed by atoms with E-state index in [0.29, 0.717) is 23.6 Å². The lowest BCUT2D eigenvalue weighted by Crippen LogP contribution is -2.47. The third-order valence-corrected chi connectivity index (χ3v) is 5.93. The van der Waals surface area contributed by atoms with Crippen LogP contribution in [0.2, 0.25) is 0 Å². The monoisotopic (exact) mass is 575 g/mol.